The van der Waals surface area contributed by atoms with E-state index in [0.717, 1.165) is 0 Å². The van der Waals surface area contributed by atoms with Crippen LogP contribution in [0.25, 0.3) is 0 Å². The largest absolute Gasteiger partial charge is 0.481 e. The third-order valence-electron chi connectivity index (χ3n) is 2.22. The van der Waals surface area contributed by atoms with Crippen LogP contribution in [0.5, 0.6) is 0 Å². The first-order chi connectivity index (χ1) is 5.49. The Balaban J connectivity index is 3.83. The van der Waals surface area contributed by atoms with Gasteiger partial charge in [-0.1, -0.05) is 20.8 Å². The van der Waals surface area contributed by atoms with E-state index < -0.39 is 5.97 Å². The molecule has 72 valence electrons. The van der Waals surface area contributed by atoms with Crippen molar-refractivity contribution in [2.24, 2.45) is 11.8 Å². The van der Waals surface area contributed by atoms with Gasteiger partial charge in [-0.2, -0.15) is 0 Å². The van der Waals surface area contributed by atoms with Gasteiger partial charge in [0.25, 0.3) is 0 Å². The maximum absolute atomic E-state index is 10.5. The second kappa shape index (κ2) is 5.14. The molecule has 0 heterocycles. The predicted molar refractivity (Wildman–Crippen MR) is 46.9 cm³/mol. The third kappa shape index (κ3) is 3.72. The molecule has 3 unspecified atom stereocenters. The monoisotopic (exact) mass is 174 g/mol. The molecule has 3 heteroatoms. The molecule has 12 heavy (non-hydrogen) atoms. The number of carbonyl (C=O) groups is 1. The van der Waals surface area contributed by atoms with Gasteiger partial charge in [0.2, 0.25) is 0 Å². The van der Waals surface area contributed by atoms with Gasteiger partial charge in [-0.3, -0.25) is 4.79 Å². The van der Waals surface area contributed by atoms with Crippen LogP contribution in [0.2, 0.25) is 0 Å². The van der Waals surface area contributed by atoms with E-state index in [1.807, 2.05) is 13.8 Å². The van der Waals surface area contributed by atoms with E-state index in [0.29, 0.717) is 12.8 Å². The summed E-state index contributed by atoms with van der Waals surface area (Å²) in [5, 5.41) is 18.0. The summed E-state index contributed by atoms with van der Waals surface area (Å²) in [7, 11) is 0. The van der Waals surface area contributed by atoms with Crippen molar-refractivity contribution in [3.63, 3.8) is 0 Å². The van der Waals surface area contributed by atoms with E-state index in [-0.39, 0.29) is 17.9 Å². The summed E-state index contributed by atoms with van der Waals surface area (Å²) < 4.78 is 0. The molecule has 0 rings (SSSR count). The molecule has 0 saturated carbocycles. The summed E-state index contributed by atoms with van der Waals surface area (Å²) in [6.45, 7) is 5.45. The van der Waals surface area contributed by atoms with E-state index >= 15 is 0 Å². The van der Waals surface area contributed by atoms with Crippen LogP contribution in [-0.2, 0) is 4.79 Å². The number of carboxylic acids is 1. The summed E-state index contributed by atoms with van der Waals surface area (Å²) in [5.74, 6) is -1.08. The molecule has 2 N–H and O–H groups in total. The van der Waals surface area contributed by atoms with Gasteiger partial charge in [0, 0.05) is 0 Å². The Kier molecular flexibility index (Phi) is 4.90. The van der Waals surface area contributed by atoms with Crippen molar-refractivity contribution in [2.75, 3.05) is 0 Å². The summed E-state index contributed by atoms with van der Waals surface area (Å²) in [5.41, 5.74) is 0. The van der Waals surface area contributed by atoms with Gasteiger partial charge in [-0.15, -0.1) is 0 Å². The van der Waals surface area contributed by atoms with Gasteiger partial charge in [-0.05, 0) is 18.8 Å². The molecule has 3 atom stereocenters. The maximum atomic E-state index is 10.5. The Labute approximate surface area is 73.4 Å². The molecule has 0 bridgehead atoms. The Morgan fingerprint density at radius 3 is 2.25 bits per heavy atom. The topological polar surface area (TPSA) is 57.5 Å². The summed E-state index contributed by atoms with van der Waals surface area (Å²) >= 11 is 0. The highest BCUT2D eigenvalue weighted by Gasteiger charge is 2.19. The average molecular weight is 174 g/mol. The Morgan fingerprint density at radius 1 is 1.42 bits per heavy atom. The van der Waals surface area contributed by atoms with Crippen LogP contribution in [0, 0.1) is 11.8 Å². The minimum atomic E-state index is -0.787. The highest BCUT2D eigenvalue weighted by atomic mass is 16.4. The molecular formula is C9H18O3. The number of aliphatic hydroxyl groups excluding tert-OH is 1. The van der Waals surface area contributed by atoms with Crippen LogP contribution < -0.4 is 0 Å². The second-order valence-corrected chi connectivity index (χ2v) is 3.43. The van der Waals surface area contributed by atoms with Crippen LogP contribution in [-0.4, -0.2) is 22.3 Å². The first-order valence-electron chi connectivity index (χ1n) is 4.39. The lowest BCUT2D eigenvalue weighted by atomic mass is 9.92. The summed E-state index contributed by atoms with van der Waals surface area (Å²) in [6.07, 6.45) is 0.865. The number of hydrogen-bond donors (Lipinski definition) is 2. The second-order valence-electron chi connectivity index (χ2n) is 3.43. The highest BCUT2D eigenvalue weighted by molar-refractivity contribution is 5.69. The highest BCUT2D eigenvalue weighted by Crippen LogP contribution is 2.17. The van der Waals surface area contributed by atoms with Gasteiger partial charge in [0.05, 0.1) is 12.0 Å². The van der Waals surface area contributed by atoms with Crippen molar-refractivity contribution in [3.05, 3.63) is 0 Å². The van der Waals surface area contributed by atoms with Crippen molar-refractivity contribution in [1.29, 1.82) is 0 Å². The van der Waals surface area contributed by atoms with Gasteiger partial charge >= 0.3 is 5.97 Å². The fourth-order valence-corrected chi connectivity index (χ4v) is 1.22. The maximum Gasteiger partial charge on any atom is 0.306 e. The molecule has 0 aromatic carbocycles. The molecule has 0 aromatic rings. The number of rotatable bonds is 5. The lowest BCUT2D eigenvalue weighted by Crippen LogP contribution is -2.22. The fraction of sp³-hybridized carbons (Fsp3) is 0.889. The molecule has 0 radical (unpaired) electrons. The van der Waals surface area contributed by atoms with E-state index in [1.165, 1.54) is 0 Å². The van der Waals surface area contributed by atoms with E-state index in [9.17, 15) is 9.90 Å². The zero-order valence-corrected chi connectivity index (χ0v) is 7.95. The zero-order chi connectivity index (χ0) is 9.72. The molecule has 0 aliphatic heterocycles. The number of carboxylic acid groups (broad SMARTS) is 1. The van der Waals surface area contributed by atoms with Crippen LogP contribution in [0.15, 0.2) is 0 Å². The summed E-state index contributed by atoms with van der Waals surface area (Å²) in [4.78, 5) is 10.5. The molecule has 0 aliphatic rings. The van der Waals surface area contributed by atoms with Gasteiger partial charge in [0.1, 0.15) is 0 Å². The van der Waals surface area contributed by atoms with Crippen molar-refractivity contribution in [1.82, 2.24) is 0 Å². The molecule has 3 nitrogen and oxygen atoms in total. The average Bonchev–Trinajstić information content (AvgIpc) is 2.02. The Morgan fingerprint density at radius 2 is 1.92 bits per heavy atom. The van der Waals surface area contributed by atoms with Crippen LogP contribution in [0.4, 0.5) is 0 Å². The number of hydrogen-bond acceptors (Lipinski definition) is 2. The van der Waals surface area contributed by atoms with Crippen LogP contribution in [0.3, 0.4) is 0 Å². The van der Waals surface area contributed by atoms with E-state index in [4.69, 9.17) is 5.11 Å². The molecule has 0 fully saturated rings. The third-order valence-corrected chi connectivity index (χ3v) is 2.22. The van der Waals surface area contributed by atoms with E-state index in [1.54, 1.807) is 6.92 Å². The smallest absolute Gasteiger partial charge is 0.306 e. The first-order valence-corrected chi connectivity index (χ1v) is 4.39. The summed E-state index contributed by atoms with van der Waals surface area (Å²) in [6, 6.07) is 0. The van der Waals surface area contributed by atoms with Crippen molar-refractivity contribution in [2.45, 2.75) is 39.7 Å². The van der Waals surface area contributed by atoms with Crippen LogP contribution >= 0.6 is 0 Å². The van der Waals surface area contributed by atoms with Crippen molar-refractivity contribution < 1.29 is 15.0 Å². The number of aliphatic carboxylic acids is 1. The van der Waals surface area contributed by atoms with E-state index in [2.05, 4.69) is 0 Å². The molecular weight excluding hydrogens is 156 g/mol. The molecule has 0 aliphatic carbocycles. The predicted octanol–water partition coefficient (Wildman–Crippen LogP) is 1.50. The molecule has 0 saturated heterocycles. The fourth-order valence-electron chi connectivity index (χ4n) is 1.22. The lowest BCUT2D eigenvalue weighted by Gasteiger charge is -2.18. The van der Waals surface area contributed by atoms with Crippen molar-refractivity contribution in [3.8, 4) is 0 Å². The van der Waals surface area contributed by atoms with Crippen LogP contribution in [0.1, 0.15) is 33.6 Å². The Hall–Kier alpha value is -0.570. The molecule has 0 spiro atoms. The minimum Gasteiger partial charge on any atom is -0.481 e. The number of aliphatic hydroxyl groups is 1. The van der Waals surface area contributed by atoms with Gasteiger partial charge in [-0.25, -0.2) is 0 Å². The minimum absolute atomic E-state index is 0.0705. The van der Waals surface area contributed by atoms with Gasteiger partial charge < -0.3 is 10.2 Å². The zero-order valence-electron chi connectivity index (χ0n) is 7.95. The SMILES string of the molecule is CCC(O)C(C)CC(C)C(=O)O. The molecule has 0 amide bonds. The van der Waals surface area contributed by atoms with Gasteiger partial charge in [0.15, 0.2) is 0 Å². The Bertz CT molecular complexity index is 145. The first kappa shape index (κ1) is 11.4. The standard InChI is InChI=1S/C9H18O3/c1-4-8(10)6(2)5-7(3)9(11)12/h6-8,10H,4-5H2,1-3H3,(H,11,12). The normalized spacial score (nSPS) is 18.3. The quantitative estimate of drug-likeness (QED) is 0.664. The van der Waals surface area contributed by atoms with Crippen molar-refractivity contribution >= 4 is 5.97 Å². The molecule has 0 aromatic heterocycles. The lowest BCUT2D eigenvalue weighted by molar-refractivity contribution is -0.141.